The van der Waals surface area contributed by atoms with Gasteiger partial charge in [-0.3, -0.25) is 14.5 Å². The van der Waals surface area contributed by atoms with Gasteiger partial charge in [-0.25, -0.2) is 17.2 Å². The summed E-state index contributed by atoms with van der Waals surface area (Å²) in [6.45, 7) is 0.432. The number of piperidine rings is 1. The van der Waals surface area contributed by atoms with Gasteiger partial charge >= 0.3 is 0 Å². The van der Waals surface area contributed by atoms with Crippen LogP contribution in [-0.2, 0) is 16.4 Å². The van der Waals surface area contributed by atoms with Crippen molar-refractivity contribution in [3.8, 4) is 0 Å². The van der Waals surface area contributed by atoms with Crippen LogP contribution in [0.25, 0.3) is 10.9 Å². The average molecular weight is 538 g/mol. The van der Waals surface area contributed by atoms with Crippen LogP contribution in [-0.4, -0.2) is 48.0 Å². The highest BCUT2D eigenvalue weighted by Gasteiger charge is 2.35. The molecule has 1 amide bonds. The third kappa shape index (κ3) is 5.23. The molecule has 1 fully saturated rings. The summed E-state index contributed by atoms with van der Waals surface area (Å²) in [4.78, 5) is 18.8. The second-order valence-electron chi connectivity index (χ2n) is 9.41. The second kappa shape index (κ2) is 10.1. The number of para-hydroxylation sites is 1. The Bertz CT molecular complexity index is 1580. The number of rotatable bonds is 6. The Labute approximate surface area is 218 Å². The van der Waals surface area contributed by atoms with Crippen molar-refractivity contribution >= 4 is 32.5 Å². The quantitative estimate of drug-likeness (QED) is 0.377. The third-order valence-corrected chi connectivity index (χ3v) is 8.23. The highest BCUT2D eigenvalue weighted by atomic mass is 32.2. The molecule has 196 valence electrons. The molecule has 0 unspecified atom stereocenters. The number of amides is 1. The number of fused-ring (bicyclic) bond motifs is 1. The summed E-state index contributed by atoms with van der Waals surface area (Å²) >= 11 is 0. The number of halogens is 2. The van der Waals surface area contributed by atoms with Crippen molar-refractivity contribution < 1.29 is 27.1 Å². The van der Waals surface area contributed by atoms with E-state index in [-0.39, 0.29) is 54.4 Å². The molecule has 2 heterocycles. The number of anilines is 1. The van der Waals surface area contributed by atoms with E-state index in [9.17, 15) is 27.1 Å². The molecule has 0 saturated carbocycles. The van der Waals surface area contributed by atoms with Crippen molar-refractivity contribution in [3.05, 3.63) is 102 Å². The van der Waals surface area contributed by atoms with Crippen molar-refractivity contribution in [2.75, 3.05) is 17.8 Å². The number of sulfonamides is 1. The van der Waals surface area contributed by atoms with Crippen molar-refractivity contribution in [1.29, 1.82) is 0 Å². The zero-order chi connectivity index (χ0) is 26.9. The maximum absolute atomic E-state index is 14.0. The van der Waals surface area contributed by atoms with Gasteiger partial charge in [0.25, 0.3) is 15.9 Å². The number of aliphatic hydroxyl groups is 1. The Morgan fingerprint density at radius 1 is 0.947 bits per heavy atom. The van der Waals surface area contributed by atoms with Crippen molar-refractivity contribution in [1.82, 2.24) is 9.88 Å². The van der Waals surface area contributed by atoms with E-state index in [1.54, 1.807) is 29.2 Å². The Morgan fingerprint density at radius 2 is 1.58 bits per heavy atom. The van der Waals surface area contributed by atoms with Crippen LogP contribution in [0.3, 0.4) is 0 Å². The normalized spacial score (nSPS) is 15.4. The highest BCUT2D eigenvalue weighted by molar-refractivity contribution is 7.93. The van der Waals surface area contributed by atoms with Gasteiger partial charge in [0.15, 0.2) is 0 Å². The molecule has 2 N–H and O–H groups in total. The minimum absolute atomic E-state index is 0.0480. The fourth-order valence-corrected chi connectivity index (χ4v) is 5.94. The zero-order valence-corrected chi connectivity index (χ0v) is 21.1. The smallest absolute Gasteiger partial charge is 0.264 e. The number of likely N-dealkylation sites (tertiary alicyclic amines) is 1. The van der Waals surface area contributed by atoms with Gasteiger partial charge in [0, 0.05) is 47.9 Å². The molecule has 1 aromatic heterocycles. The number of hydrogen-bond acceptors (Lipinski definition) is 5. The van der Waals surface area contributed by atoms with Crippen LogP contribution in [0.15, 0.2) is 83.9 Å². The molecular formula is C28H25F2N3O4S. The molecule has 0 aliphatic carbocycles. The molecule has 0 bridgehead atoms. The average Bonchev–Trinajstić information content (AvgIpc) is 2.91. The standard InChI is InChI=1S/C28H25F2N3O4S/c29-23-6-2-7-24(30)22(23)18-28(35)13-16-33(17-14-28)27(34)20-9-11-21(12-10-20)32-38(36,37)25-8-1-4-19-5-3-15-31-26(19)25/h1-12,15,32,35H,13-14,16-18H2. The number of pyridine rings is 1. The number of hydrogen-bond donors (Lipinski definition) is 2. The molecule has 1 aliphatic rings. The summed E-state index contributed by atoms with van der Waals surface area (Å²) in [5.41, 5.74) is -0.484. The summed E-state index contributed by atoms with van der Waals surface area (Å²) in [5, 5.41) is 11.6. The summed E-state index contributed by atoms with van der Waals surface area (Å²) in [7, 11) is -3.93. The Kier molecular flexibility index (Phi) is 6.85. The number of benzene rings is 3. The van der Waals surface area contributed by atoms with Gasteiger partial charge in [-0.05, 0) is 61.4 Å². The molecule has 0 atom stereocenters. The van der Waals surface area contributed by atoms with Gasteiger partial charge < -0.3 is 10.0 Å². The SMILES string of the molecule is O=C(c1ccc(NS(=O)(=O)c2cccc3cccnc23)cc1)N1CCC(O)(Cc2c(F)cccc2F)CC1. The van der Waals surface area contributed by atoms with Crippen molar-refractivity contribution in [2.45, 2.75) is 29.8 Å². The fraction of sp³-hybridized carbons (Fsp3) is 0.214. The highest BCUT2D eigenvalue weighted by Crippen LogP contribution is 2.30. The molecule has 1 saturated heterocycles. The lowest BCUT2D eigenvalue weighted by atomic mass is 9.85. The Morgan fingerprint density at radius 3 is 2.26 bits per heavy atom. The van der Waals surface area contributed by atoms with Gasteiger partial charge in [-0.2, -0.15) is 0 Å². The predicted octanol–water partition coefficient (Wildman–Crippen LogP) is 4.52. The lowest BCUT2D eigenvalue weighted by Crippen LogP contribution is -2.48. The molecule has 10 heteroatoms. The van der Waals surface area contributed by atoms with E-state index in [0.29, 0.717) is 16.5 Å². The van der Waals surface area contributed by atoms with Crippen LogP contribution in [0.2, 0.25) is 0 Å². The molecule has 38 heavy (non-hydrogen) atoms. The molecule has 0 spiro atoms. The number of carbonyl (C=O) groups excluding carboxylic acids is 1. The van der Waals surface area contributed by atoms with E-state index in [2.05, 4.69) is 9.71 Å². The number of carbonyl (C=O) groups is 1. The zero-order valence-electron chi connectivity index (χ0n) is 20.3. The van der Waals surface area contributed by atoms with Crippen molar-refractivity contribution in [2.24, 2.45) is 0 Å². The predicted molar refractivity (Wildman–Crippen MR) is 139 cm³/mol. The van der Waals surface area contributed by atoms with Crippen LogP contribution in [0.4, 0.5) is 14.5 Å². The molecule has 0 radical (unpaired) electrons. The monoisotopic (exact) mass is 537 g/mol. The molecular weight excluding hydrogens is 512 g/mol. The second-order valence-corrected chi connectivity index (χ2v) is 11.1. The van der Waals surface area contributed by atoms with Crippen LogP contribution < -0.4 is 4.72 Å². The van der Waals surface area contributed by atoms with Gasteiger partial charge in [0.05, 0.1) is 11.1 Å². The topological polar surface area (TPSA) is 99.6 Å². The Hall–Kier alpha value is -3.89. The summed E-state index contributed by atoms with van der Waals surface area (Å²) in [5.74, 6) is -1.69. The summed E-state index contributed by atoms with van der Waals surface area (Å²) in [6.07, 6.45) is 1.70. The number of nitrogens with one attached hydrogen (secondary N) is 1. The van der Waals surface area contributed by atoms with Crippen LogP contribution in [0.1, 0.15) is 28.8 Å². The lowest BCUT2D eigenvalue weighted by Gasteiger charge is -2.38. The first kappa shape index (κ1) is 25.7. The van der Waals surface area contributed by atoms with E-state index in [1.807, 2.05) is 0 Å². The van der Waals surface area contributed by atoms with Gasteiger partial charge in [0.2, 0.25) is 0 Å². The van der Waals surface area contributed by atoms with E-state index >= 15 is 0 Å². The van der Waals surface area contributed by atoms with Gasteiger partial charge in [0.1, 0.15) is 16.5 Å². The maximum Gasteiger partial charge on any atom is 0.264 e. The lowest BCUT2D eigenvalue weighted by molar-refractivity contribution is -0.0173. The van der Waals surface area contributed by atoms with E-state index in [1.165, 1.54) is 42.6 Å². The first-order valence-electron chi connectivity index (χ1n) is 12.1. The molecule has 1 aliphatic heterocycles. The largest absolute Gasteiger partial charge is 0.389 e. The van der Waals surface area contributed by atoms with Crippen LogP contribution in [0.5, 0.6) is 0 Å². The fourth-order valence-electron chi connectivity index (χ4n) is 4.70. The van der Waals surface area contributed by atoms with E-state index in [4.69, 9.17) is 0 Å². The first-order valence-corrected chi connectivity index (χ1v) is 13.5. The van der Waals surface area contributed by atoms with Crippen LogP contribution in [0, 0.1) is 11.6 Å². The van der Waals surface area contributed by atoms with Crippen LogP contribution >= 0.6 is 0 Å². The number of nitrogens with zero attached hydrogens (tertiary/aromatic N) is 2. The minimum atomic E-state index is -3.93. The maximum atomic E-state index is 14.0. The van der Waals surface area contributed by atoms with Crippen molar-refractivity contribution in [3.63, 3.8) is 0 Å². The molecule has 5 rings (SSSR count). The first-order chi connectivity index (χ1) is 18.2. The molecule has 7 nitrogen and oxygen atoms in total. The minimum Gasteiger partial charge on any atom is -0.389 e. The summed E-state index contributed by atoms with van der Waals surface area (Å²) < 4.78 is 56.6. The molecule has 4 aromatic rings. The van der Waals surface area contributed by atoms with Gasteiger partial charge in [-0.1, -0.05) is 24.3 Å². The summed E-state index contributed by atoms with van der Waals surface area (Å²) in [6, 6.07) is 18.1. The third-order valence-electron chi connectivity index (χ3n) is 6.82. The Balaban J connectivity index is 1.24. The number of aromatic nitrogens is 1. The van der Waals surface area contributed by atoms with Gasteiger partial charge in [-0.15, -0.1) is 0 Å². The molecule has 3 aromatic carbocycles. The van der Waals surface area contributed by atoms with E-state index < -0.39 is 27.3 Å². The van der Waals surface area contributed by atoms with E-state index in [0.717, 1.165) is 12.1 Å².